The Balaban J connectivity index is 1.34. The molecular formula is C27H30N4O2. The van der Waals surface area contributed by atoms with E-state index in [-0.39, 0.29) is 5.91 Å². The quantitative estimate of drug-likeness (QED) is 0.356. The van der Waals surface area contributed by atoms with Crippen LogP contribution in [0.5, 0.6) is 5.75 Å². The van der Waals surface area contributed by atoms with Crippen LogP contribution < -0.4 is 10.1 Å². The maximum Gasteiger partial charge on any atom is 0.252 e. The van der Waals surface area contributed by atoms with E-state index in [2.05, 4.69) is 40.8 Å². The molecule has 0 saturated heterocycles. The van der Waals surface area contributed by atoms with Gasteiger partial charge in [0.2, 0.25) is 0 Å². The zero-order valence-corrected chi connectivity index (χ0v) is 19.3. The number of amides is 1. The molecule has 0 fully saturated rings. The number of hydrogen-bond acceptors (Lipinski definition) is 4. The molecule has 2 aromatic heterocycles. The molecule has 1 N–H and O–H groups in total. The van der Waals surface area contributed by atoms with Crippen LogP contribution in [0.25, 0.3) is 11.0 Å². The highest BCUT2D eigenvalue weighted by Crippen LogP contribution is 2.21. The van der Waals surface area contributed by atoms with Crippen LogP contribution in [0.3, 0.4) is 0 Å². The second kappa shape index (κ2) is 10.8. The third-order valence-electron chi connectivity index (χ3n) is 5.88. The van der Waals surface area contributed by atoms with Gasteiger partial charge in [-0.1, -0.05) is 24.3 Å². The van der Waals surface area contributed by atoms with Crippen molar-refractivity contribution in [3.05, 3.63) is 89.5 Å². The van der Waals surface area contributed by atoms with Crippen LogP contribution in [0.4, 0.5) is 0 Å². The fourth-order valence-electron chi connectivity index (χ4n) is 3.89. The maximum atomic E-state index is 12.3. The van der Waals surface area contributed by atoms with Crippen molar-refractivity contribution in [1.29, 1.82) is 0 Å². The van der Waals surface area contributed by atoms with Crippen molar-refractivity contribution in [2.45, 2.75) is 39.7 Å². The number of unbranched alkanes of at least 4 members (excludes halogenated alkanes) is 1. The summed E-state index contributed by atoms with van der Waals surface area (Å²) in [6, 6.07) is 17.9. The van der Waals surface area contributed by atoms with Gasteiger partial charge in [0.15, 0.2) is 0 Å². The number of carbonyl (C=O) groups excluding carboxylic acids is 1. The van der Waals surface area contributed by atoms with Crippen LogP contribution in [0, 0.1) is 13.8 Å². The number of pyridine rings is 1. The molecule has 2 heterocycles. The molecule has 0 saturated carbocycles. The van der Waals surface area contributed by atoms with E-state index in [1.54, 1.807) is 24.5 Å². The van der Waals surface area contributed by atoms with Crippen LogP contribution in [0.2, 0.25) is 0 Å². The summed E-state index contributed by atoms with van der Waals surface area (Å²) in [7, 11) is 0. The van der Waals surface area contributed by atoms with Gasteiger partial charge < -0.3 is 14.6 Å². The Kier molecular flexibility index (Phi) is 7.35. The first-order chi connectivity index (χ1) is 16.1. The summed E-state index contributed by atoms with van der Waals surface area (Å²) in [6.07, 6.45) is 5.84. The Bertz CT molecular complexity index is 1220. The molecule has 0 aliphatic carbocycles. The van der Waals surface area contributed by atoms with E-state index in [9.17, 15) is 4.79 Å². The van der Waals surface area contributed by atoms with Crippen molar-refractivity contribution >= 4 is 16.9 Å². The zero-order chi connectivity index (χ0) is 23.0. The minimum Gasteiger partial charge on any atom is -0.493 e. The molecule has 0 spiro atoms. The van der Waals surface area contributed by atoms with E-state index in [1.165, 1.54) is 11.1 Å². The first-order valence-electron chi connectivity index (χ1n) is 11.4. The molecule has 6 heteroatoms. The highest BCUT2D eigenvalue weighted by atomic mass is 16.5. The first-order valence-corrected chi connectivity index (χ1v) is 11.4. The number of rotatable bonds is 10. The van der Waals surface area contributed by atoms with Crippen molar-refractivity contribution in [1.82, 2.24) is 19.9 Å². The van der Waals surface area contributed by atoms with Crippen LogP contribution >= 0.6 is 0 Å². The predicted octanol–water partition coefficient (Wildman–Crippen LogP) is 4.88. The molecule has 4 rings (SSSR count). The molecule has 0 atom stereocenters. The van der Waals surface area contributed by atoms with Gasteiger partial charge in [-0.05, 0) is 68.1 Å². The monoisotopic (exact) mass is 442 g/mol. The summed E-state index contributed by atoms with van der Waals surface area (Å²) in [4.78, 5) is 21.1. The topological polar surface area (TPSA) is 69.0 Å². The Morgan fingerprint density at radius 3 is 2.76 bits per heavy atom. The maximum absolute atomic E-state index is 12.3. The van der Waals surface area contributed by atoms with Gasteiger partial charge >= 0.3 is 0 Å². The lowest BCUT2D eigenvalue weighted by atomic mass is 10.1. The van der Waals surface area contributed by atoms with Gasteiger partial charge in [-0.3, -0.25) is 9.78 Å². The van der Waals surface area contributed by atoms with E-state index >= 15 is 0 Å². The summed E-state index contributed by atoms with van der Waals surface area (Å²) in [6.45, 7) is 6.28. The van der Waals surface area contributed by atoms with Crippen molar-refractivity contribution in [3.63, 3.8) is 0 Å². The number of benzene rings is 2. The number of nitrogens with one attached hydrogen (secondary N) is 1. The second-order valence-corrected chi connectivity index (χ2v) is 8.17. The lowest BCUT2D eigenvalue weighted by Crippen LogP contribution is -2.26. The van der Waals surface area contributed by atoms with Crippen molar-refractivity contribution in [2.75, 3.05) is 13.2 Å². The molecule has 6 nitrogen and oxygen atoms in total. The van der Waals surface area contributed by atoms with Crippen LogP contribution in [-0.4, -0.2) is 33.6 Å². The molecule has 0 bridgehead atoms. The van der Waals surface area contributed by atoms with Crippen LogP contribution in [0.15, 0.2) is 67.0 Å². The van der Waals surface area contributed by atoms with E-state index < -0.39 is 0 Å². The minimum absolute atomic E-state index is 0.116. The van der Waals surface area contributed by atoms with Crippen LogP contribution in [0.1, 0.15) is 40.2 Å². The number of nitrogens with zero attached hydrogens (tertiary/aromatic N) is 3. The molecule has 1 amide bonds. The summed E-state index contributed by atoms with van der Waals surface area (Å²) < 4.78 is 8.28. The van der Waals surface area contributed by atoms with Gasteiger partial charge in [0.1, 0.15) is 11.6 Å². The largest absolute Gasteiger partial charge is 0.493 e. The average Bonchev–Trinajstić information content (AvgIpc) is 3.19. The Labute approximate surface area is 194 Å². The highest BCUT2D eigenvalue weighted by Gasteiger charge is 2.11. The normalized spacial score (nSPS) is 11.0. The number of aromatic nitrogens is 3. The van der Waals surface area contributed by atoms with Gasteiger partial charge in [-0.15, -0.1) is 0 Å². The fraction of sp³-hybridized carbons (Fsp3) is 0.296. The molecule has 0 aliphatic heterocycles. The summed E-state index contributed by atoms with van der Waals surface area (Å²) >= 11 is 0. The lowest BCUT2D eigenvalue weighted by molar-refractivity contribution is 0.0953. The predicted molar refractivity (Wildman–Crippen MR) is 131 cm³/mol. The Morgan fingerprint density at radius 1 is 1.03 bits per heavy atom. The fourth-order valence-corrected chi connectivity index (χ4v) is 3.89. The molecule has 0 aliphatic rings. The van der Waals surface area contributed by atoms with Gasteiger partial charge in [0, 0.05) is 31.9 Å². The number of imidazole rings is 1. The molecule has 33 heavy (non-hydrogen) atoms. The number of carbonyl (C=O) groups is 1. The number of hydrogen-bond donors (Lipinski definition) is 1. The van der Waals surface area contributed by atoms with Gasteiger partial charge in [-0.25, -0.2) is 4.98 Å². The third-order valence-corrected chi connectivity index (χ3v) is 5.88. The highest BCUT2D eigenvalue weighted by molar-refractivity contribution is 5.93. The molecule has 0 radical (unpaired) electrons. The molecule has 170 valence electrons. The smallest absolute Gasteiger partial charge is 0.252 e. The zero-order valence-electron chi connectivity index (χ0n) is 19.3. The number of para-hydroxylation sites is 2. The Hall–Kier alpha value is -3.67. The minimum atomic E-state index is -0.116. The van der Waals surface area contributed by atoms with E-state index in [0.717, 1.165) is 42.0 Å². The van der Waals surface area contributed by atoms with Crippen molar-refractivity contribution < 1.29 is 9.53 Å². The Morgan fingerprint density at radius 2 is 1.91 bits per heavy atom. The number of aryl methyl sites for hydroxylation is 2. The third kappa shape index (κ3) is 5.58. The number of fused-ring (bicyclic) bond motifs is 1. The molecule has 0 unspecified atom stereocenters. The average molecular weight is 443 g/mol. The first kappa shape index (κ1) is 22.5. The molecular weight excluding hydrogens is 412 g/mol. The van der Waals surface area contributed by atoms with E-state index in [0.29, 0.717) is 25.1 Å². The second-order valence-electron chi connectivity index (χ2n) is 8.17. The standard InChI is InChI=1S/C27H30N4O2/c1-20-9-7-13-25(21(20)2)33-18-6-5-17-31-24-12-4-3-11-23(24)30-26(31)14-16-29-27(32)22-10-8-15-28-19-22/h3-4,7-13,15,19H,5-6,14,16-18H2,1-2H3,(H,29,32). The molecule has 4 aromatic rings. The lowest BCUT2D eigenvalue weighted by Gasteiger charge is -2.12. The van der Waals surface area contributed by atoms with Gasteiger partial charge in [0.25, 0.3) is 5.91 Å². The van der Waals surface area contributed by atoms with E-state index in [1.807, 2.05) is 30.3 Å². The summed E-state index contributed by atoms with van der Waals surface area (Å²) in [5.41, 5.74) is 5.13. The van der Waals surface area contributed by atoms with Crippen molar-refractivity contribution in [2.24, 2.45) is 0 Å². The van der Waals surface area contributed by atoms with E-state index in [4.69, 9.17) is 9.72 Å². The molecule has 2 aromatic carbocycles. The van der Waals surface area contributed by atoms with Gasteiger partial charge in [0.05, 0.1) is 23.2 Å². The van der Waals surface area contributed by atoms with Crippen molar-refractivity contribution in [3.8, 4) is 5.75 Å². The SMILES string of the molecule is Cc1cccc(OCCCCn2c(CCNC(=O)c3cccnc3)nc3ccccc32)c1C. The van der Waals surface area contributed by atoms with Crippen LogP contribution in [-0.2, 0) is 13.0 Å². The summed E-state index contributed by atoms with van der Waals surface area (Å²) in [5.74, 6) is 1.83. The number of ether oxygens (including phenoxy) is 1. The summed E-state index contributed by atoms with van der Waals surface area (Å²) in [5, 5.41) is 2.97. The van der Waals surface area contributed by atoms with Gasteiger partial charge in [-0.2, -0.15) is 0 Å².